The molecule has 0 aliphatic carbocycles. The highest BCUT2D eigenvalue weighted by Gasteiger charge is 2.29. The predicted octanol–water partition coefficient (Wildman–Crippen LogP) is 0.358. The highest BCUT2D eigenvalue weighted by molar-refractivity contribution is 8.06. The maximum atomic E-state index is 10.8. The van der Waals surface area contributed by atoms with Crippen LogP contribution in [0, 0.1) is 5.92 Å². The van der Waals surface area contributed by atoms with Crippen LogP contribution in [0.25, 0.3) is 0 Å². The Bertz CT molecular complexity index is 240. The minimum Gasteiger partial charge on any atom is -0.282 e. The van der Waals surface area contributed by atoms with Crippen LogP contribution in [0.4, 0.5) is 0 Å². The van der Waals surface area contributed by atoms with Crippen LogP contribution >= 0.6 is 0 Å². The van der Waals surface area contributed by atoms with E-state index in [1.807, 2.05) is 6.92 Å². The molecule has 3 nitrogen and oxygen atoms in total. The van der Waals surface area contributed by atoms with Crippen LogP contribution in [-0.4, -0.2) is 19.3 Å². The molecule has 0 N–H and O–H groups in total. The van der Waals surface area contributed by atoms with E-state index in [-0.39, 0.29) is 18.1 Å². The fourth-order valence-electron chi connectivity index (χ4n) is 1.07. The minimum atomic E-state index is -3.35. The van der Waals surface area contributed by atoms with Crippen LogP contribution in [0.1, 0.15) is 19.8 Å². The molecule has 4 heteroatoms. The van der Waals surface area contributed by atoms with Gasteiger partial charge in [0.25, 0.3) is 0 Å². The van der Waals surface area contributed by atoms with Crippen molar-refractivity contribution in [2.45, 2.75) is 19.8 Å². The monoisotopic (exact) mass is 162 g/mol. The second kappa shape index (κ2) is 2.34. The quantitative estimate of drug-likeness (QED) is 0.516. The summed E-state index contributed by atoms with van der Waals surface area (Å²) in [7, 11) is -3.35. The van der Waals surface area contributed by atoms with Gasteiger partial charge >= 0.3 is 0 Å². The molecule has 0 amide bonds. The molecule has 1 saturated heterocycles. The summed E-state index contributed by atoms with van der Waals surface area (Å²) in [5.41, 5.74) is 0. The summed E-state index contributed by atoms with van der Waals surface area (Å²) < 4.78 is 21.7. The molecule has 0 bridgehead atoms. The van der Waals surface area contributed by atoms with Crippen LogP contribution in [0.5, 0.6) is 0 Å². The lowest BCUT2D eigenvalue weighted by Gasteiger charge is -2.15. The molecule has 1 fully saturated rings. The summed E-state index contributed by atoms with van der Waals surface area (Å²) in [5, 5.41) is -0.578. The van der Waals surface area contributed by atoms with Crippen molar-refractivity contribution >= 4 is 15.0 Å². The Hall–Kier alpha value is -0.380. The Morgan fingerprint density at radius 3 is 2.50 bits per heavy atom. The molecule has 1 rings (SSSR count). The first-order valence-corrected chi connectivity index (χ1v) is 4.93. The molecular weight excluding hydrogens is 152 g/mol. The summed E-state index contributed by atoms with van der Waals surface area (Å²) in [6, 6.07) is 0. The van der Waals surface area contributed by atoms with Gasteiger partial charge in [0.15, 0.2) is 0 Å². The first-order chi connectivity index (χ1) is 4.52. The second-order valence-electron chi connectivity index (χ2n) is 2.80. The van der Waals surface area contributed by atoms with Gasteiger partial charge in [0.2, 0.25) is 15.0 Å². The zero-order valence-corrected chi connectivity index (χ0v) is 6.65. The van der Waals surface area contributed by atoms with Crippen LogP contribution in [0.2, 0.25) is 0 Å². The molecule has 0 aromatic carbocycles. The maximum absolute atomic E-state index is 10.8. The van der Waals surface area contributed by atoms with Crippen LogP contribution < -0.4 is 0 Å². The fourth-order valence-corrected chi connectivity index (χ4v) is 2.60. The molecule has 1 atom stereocenters. The van der Waals surface area contributed by atoms with E-state index in [2.05, 4.69) is 0 Å². The zero-order valence-electron chi connectivity index (χ0n) is 5.83. The van der Waals surface area contributed by atoms with Crippen molar-refractivity contribution < 1.29 is 13.2 Å². The summed E-state index contributed by atoms with van der Waals surface area (Å²) in [6.07, 6.45) is 0.932. The van der Waals surface area contributed by atoms with Crippen molar-refractivity contribution in [1.82, 2.24) is 0 Å². The smallest absolute Gasteiger partial charge is 0.246 e. The maximum Gasteiger partial charge on any atom is 0.246 e. The van der Waals surface area contributed by atoms with Crippen LogP contribution in [-0.2, 0) is 14.6 Å². The van der Waals surface area contributed by atoms with Gasteiger partial charge in [-0.05, 0) is 12.3 Å². The topological polar surface area (TPSA) is 51.2 Å². The largest absolute Gasteiger partial charge is 0.282 e. The van der Waals surface area contributed by atoms with Crippen molar-refractivity contribution in [3.63, 3.8) is 0 Å². The molecular formula is C6H10O3S. The Morgan fingerprint density at radius 1 is 1.50 bits per heavy atom. The van der Waals surface area contributed by atoms with Crippen molar-refractivity contribution in [1.29, 1.82) is 0 Å². The van der Waals surface area contributed by atoms with Crippen molar-refractivity contribution in [3.05, 3.63) is 0 Å². The zero-order chi connectivity index (χ0) is 7.78. The normalized spacial score (nSPS) is 32.1. The molecule has 0 radical (unpaired) electrons. The third-order valence-electron chi connectivity index (χ3n) is 1.69. The molecule has 10 heavy (non-hydrogen) atoms. The molecule has 1 aliphatic heterocycles. The number of carbonyl (C=O) groups excluding carboxylic acids is 1. The Labute approximate surface area is 60.3 Å². The summed E-state index contributed by atoms with van der Waals surface area (Å²) in [6.45, 7) is 1.85. The van der Waals surface area contributed by atoms with E-state index >= 15 is 0 Å². The third-order valence-corrected chi connectivity index (χ3v) is 3.60. The minimum absolute atomic E-state index is 0.0475. The van der Waals surface area contributed by atoms with Gasteiger partial charge in [-0.15, -0.1) is 0 Å². The van der Waals surface area contributed by atoms with Gasteiger partial charge < -0.3 is 0 Å². The summed E-state index contributed by atoms with van der Waals surface area (Å²) >= 11 is 0. The average molecular weight is 162 g/mol. The molecule has 1 heterocycles. The van der Waals surface area contributed by atoms with Gasteiger partial charge in [0, 0.05) is 6.42 Å². The van der Waals surface area contributed by atoms with Gasteiger partial charge in [0.05, 0.1) is 5.75 Å². The molecule has 0 saturated carbocycles. The van der Waals surface area contributed by atoms with Gasteiger partial charge in [-0.25, -0.2) is 8.42 Å². The highest BCUT2D eigenvalue weighted by Crippen LogP contribution is 2.18. The fraction of sp³-hybridized carbons (Fsp3) is 0.833. The van der Waals surface area contributed by atoms with Crippen molar-refractivity contribution in [2.24, 2.45) is 5.92 Å². The van der Waals surface area contributed by atoms with Crippen LogP contribution in [0.3, 0.4) is 0 Å². The molecule has 58 valence electrons. The summed E-state index contributed by atoms with van der Waals surface area (Å²) in [5.74, 6) is 0.203. The van der Waals surface area contributed by atoms with Crippen LogP contribution in [0.15, 0.2) is 0 Å². The molecule has 0 aromatic heterocycles. The molecule has 1 aliphatic rings. The SMILES string of the molecule is CC1CCC(=O)S(=O)(=O)C1. The lowest BCUT2D eigenvalue weighted by molar-refractivity contribution is -0.112. The molecule has 0 aromatic rings. The van der Waals surface area contributed by atoms with Gasteiger partial charge in [-0.2, -0.15) is 0 Å². The van der Waals surface area contributed by atoms with Gasteiger partial charge in [0.1, 0.15) is 0 Å². The Kier molecular flexibility index (Phi) is 1.81. The lowest BCUT2D eigenvalue weighted by Crippen LogP contribution is -2.28. The van der Waals surface area contributed by atoms with E-state index in [0.717, 1.165) is 6.42 Å². The van der Waals surface area contributed by atoms with E-state index in [1.165, 1.54) is 0 Å². The standard InChI is InChI=1S/C6H10O3S/c1-5-2-3-6(7)10(8,9)4-5/h5H,2-4H2,1H3. The highest BCUT2D eigenvalue weighted by atomic mass is 32.2. The van der Waals surface area contributed by atoms with E-state index < -0.39 is 15.0 Å². The Balaban J connectivity index is 2.84. The van der Waals surface area contributed by atoms with Gasteiger partial charge in [-0.3, -0.25) is 4.79 Å². The van der Waals surface area contributed by atoms with E-state index in [4.69, 9.17) is 0 Å². The van der Waals surface area contributed by atoms with Gasteiger partial charge in [-0.1, -0.05) is 6.92 Å². The first kappa shape index (κ1) is 7.72. The average Bonchev–Trinajstić information content (AvgIpc) is 1.78. The second-order valence-corrected chi connectivity index (χ2v) is 4.82. The number of rotatable bonds is 0. The number of hydrogen-bond donors (Lipinski definition) is 0. The van der Waals surface area contributed by atoms with E-state index in [1.54, 1.807) is 0 Å². The number of carbonyl (C=O) groups is 1. The number of hydrogen-bond acceptors (Lipinski definition) is 3. The Morgan fingerprint density at radius 2 is 2.10 bits per heavy atom. The first-order valence-electron chi connectivity index (χ1n) is 3.28. The molecule has 0 spiro atoms. The number of sulfone groups is 1. The lowest BCUT2D eigenvalue weighted by atomic mass is 10.1. The van der Waals surface area contributed by atoms with E-state index in [0.29, 0.717) is 0 Å². The van der Waals surface area contributed by atoms with E-state index in [9.17, 15) is 13.2 Å². The summed E-state index contributed by atoms with van der Waals surface area (Å²) in [4.78, 5) is 10.7. The van der Waals surface area contributed by atoms with Crippen molar-refractivity contribution in [2.75, 3.05) is 5.75 Å². The predicted molar refractivity (Wildman–Crippen MR) is 37.2 cm³/mol. The molecule has 1 unspecified atom stereocenters. The third kappa shape index (κ3) is 1.37. The van der Waals surface area contributed by atoms with Crippen molar-refractivity contribution in [3.8, 4) is 0 Å².